The van der Waals surface area contributed by atoms with Crippen LogP contribution in [0.25, 0.3) is 0 Å². The molecule has 0 N–H and O–H groups in total. The van der Waals surface area contributed by atoms with Gasteiger partial charge in [0.15, 0.2) is 11.5 Å². The van der Waals surface area contributed by atoms with E-state index in [-0.39, 0.29) is 0 Å². The quantitative estimate of drug-likeness (QED) is 0.749. The van der Waals surface area contributed by atoms with Crippen LogP contribution in [0.2, 0.25) is 0 Å². The first-order chi connectivity index (χ1) is 9.10. The molecule has 0 radical (unpaired) electrons. The molecule has 19 heavy (non-hydrogen) atoms. The Balaban J connectivity index is 3.29. The summed E-state index contributed by atoms with van der Waals surface area (Å²) in [7, 11) is 4.48. The summed E-state index contributed by atoms with van der Waals surface area (Å²) in [6.07, 6.45) is 0.758. The highest BCUT2D eigenvalue weighted by atomic mass is 79.9. The summed E-state index contributed by atoms with van der Waals surface area (Å²) in [6, 6.07) is 1.56. The molecule has 0 unspecified atom stereocenters. The van der Waals surface area contributed by atoms with E-state index in [9.17, 15) is 4.79 Å². The first-order valence-electron chi connectivity index (χ1n) is 5.76. The summed E-state index contributed by atoms with van der Waals surface area (Å²) < 4.78 is 21.3. The van der Waals surface area contributed by atoms with Crippen molar-refractivity contribution in [3.63, 3.8) is 0 Å². The third-order valence-electron chi connectivity index (χ3n) is 2.43. The van der Waals surface area contributed by atoms with Gasteiger partial charge in [0, 0.05) is 0 Å². The molecule has 0 atom stereocenters. The fraction of sp³-hybridized carbons (Fsp3) is 0.462. The van der Waals surface area contributed by atoms with Gasteiger partial charge >= 0.3 is 5.97 Å². The van der Waals surface area contributed by atoms with Gasteiger partial charge < -0.3 is 18.9 Å². The molecular formula is C13H17BrO5. The van der Waals surface area contributed by atoms with Gasteiger partial charge in [0.25, 0.3) is 0 Å². The number of carbonyl (C=O) groups is 1. The number of hydrogen-bond donors (Lipinski definition) is 0. The van der Waals surface area contributed by atoms with E-state index in [2.05, 4.69) is 15.9 Å². The van der Waals surface area contributed by atoms with Crippen molar-refractivity contribution in [3.05, 3.63) is 16.1 Å². The number of rotatable bonds is 6. The average molecular weight is 333 g/mol. The Labute approximate surface area is 120 Å². The number of esters is 1. The molecule has 0 amide bonds. The molecule has 106 valence electrons. The molecule has 0 saturated carbocycles. The summed E-state index contributed by atoms with van der Waals surface area (Å²) in [4.78, 5) is 12.0. The highest BCUT2D eigenvalue weighted by Crippen LogP contribution is 2.44. The lowest BCUT2D eigenvalue weighted by Gasteiger charge is -2.16. The normalized spacial score (nSPS) is 9.95. The molecule has 0 aromatic heterocycles. The number of ether oxygens (including phenoxy) is 4. The Hall–Kier alpha value is -1.43. The van der Waals surface area contributed by atoms with Gasteiger partial charge in [-0.2, -0.15) is 0 Å². The molecule has 1 rings (SSSR count). The van der Waals surface area contributed by atoms with Crippen LogP contribution in [0.4, 0.5) is 0 Å². The molecule has 0 bridgehead atoms. The van der Waals surface area contributed by atoms with Gasteiger partial charge in [-0.1, -0.05) is 6.92 Å². The maximum Gasteiger partial charge on any atom is 0.339 e. The van der Waals surface area contributed by atoms with Crippen molar-refractivity contribution in [2.75, 3.05) is 27.9 Å². The first kappa shape index (κ1) is 15.6. The van der Waals surface area contributed by atoms with Crippen molar-refractivity contribution in [2.24, 2.45) is 0 Å². The lowest BCUT2D eigenvalue weighted by Crippen LogP contribution is -2.08. The minimum absolute atomic E-state index is 0.336. The van der Waals surface area contributed by atoms with Gasteiger partial charge in [-0.15, -0.1) is 0 Å². The zero-order chi connectivity index (χ0) is 14.4. The molecule has 0 spiro atoms. The second-order valence-corrected chi connectivity index (χ2v) is 4.44. The van der Waals surface area contributed by atoms with Crippen molar-refractivity contribution in [1.82, 2.24) is 0 Å². The predicted molar refractivity (Wildman–Crippen MR) is 74.4 cm³/mol. The zero-order valence-electron chi connectivity index (χ0n) is 11.4. The van der Waals surface area contributed by atoms with Crippen LogP contribution in [0, 0.1) is 0 Å². The van der Waals surface area contributed by atoms with Crippen LogP contribution in [0.3, 0.4) is 0 Å². The van der Waals surface area contributed by atoms with E-state index in [0.29, 0.717) is 33.9 Å². The van der Waals surface area contributed by atoms with E-state index in [0.717, 1.165) is 6.42 Å². The fourth-order valence-corrected chi connectivity index (χ4v) is 2.16. The van der Waals surface area contributed by atoms with Crippen molar-refractivity contribution >= 4 is 21.9 Å². The molecule has 0 saturated heterocycles. The lowest BCUT2D eigenvalue weighted by molar-refractivity contribution is 0.0503. The van der Waals surface area contributed by atoms with Crippen LogP contribution >= 0.6 is 15.9 Å². The van der Waals surface area contributed by atoms with Gasteiger partial charge in [-0.3, -0.25) is 0 Å². The van der Waals surface area contributed by atoms with Gasteiger partial charge in [0.1, 0.15) is 0 Å². The first-order valence-corrected chi connectivity index (χ1v) is 6.55. The molecule has 0 heterocycles. The number of hydrogen-bond acceptors (Lipinski definition) is 5. The fourth-order valence-electron chi connectivity index (χ4n) is 1.54. The molecular weight excluding hydrogens is 316 g/mol. The molecule has 0 aliphatic heterocycles. The molecule has 5 nitrogen and oxygen atoms in total. The smallest absolute Gasteiger partial charge is 0.339 e. The Kier molecular flexibility index (Phi) is 5.95. The lowest BCUT2D eigenvalue weighted by atomic mass is 10.2. The van der Waals surface area contributed by atoms with Crippen LogP contribution < -0.4 is 14.2 Å². The largest absolute Gasteiger partial charge is 0.493 e. The summed E-state index contributed by atoms with van der Waals surface area (Å²) in [5.74, 6) is 0.785. The second kappa shape index (κ2) is 7.23. The second-order valence-electron chi connectivity index (χ2n) is 3.64. The topological polar surface area (TPSA) is 54.0 Å². The standard InChI is InChI=1S/C13H17BrO5/c1-5-6-19-13(15)8-7-9(16-2)11(17-3)12(18-4)10(8)14/h7H,5-6H2,1-4H3. The van der Waals surface area contributed by atoms with Crippen molar-refractivity contribution in [2.45, 2.75) is 13.3 Å². The van der Waals surface area contributed by atoms with Gasteiger partial charge in [-0.05, 0) is 28.4 Å². The van der Waals surface area contributed by atoms with Crippen LogP contribution in [0.5, 0.6) is 17.2 Å². The third-order valence-corrected chi connectivity index (χ3v) is 3.21. The Morgan fingerprint density at radius 3 is 2.26 bits per heavy atom. The molecule has 1 aromatic rings. The Bertz CT molecular complexity index is 459. The van der Waals surface area contributed by atoms with Crippen LogP contribution in [0.1, 0.15) is 23.7 Å². The monoisotopic (exact) mass is 332 g/mol. The van der Waals surface area contributed by atoms with Gasteiger partial charge in [-0.25, -0.2) is 4.79 Å². The minimum Gasteiger partial charge on any atom is -0.493 e. The minimum atomic E-state index is -0.437. The highest BCUT2D eigenvalue weighted by Gasteiger charge is 2.23. The van der Waals surface area contributed by atoms with Crippen LogP contribution in [-0.4, -0.2) is 33.9 Å². The van der Waals surface area contributed by atoms with E-state index in [1.807, 2.05) is 6.92 Å². The maximum atomic E-state index is 12.0. The number of benzene rings is 1. The van der Waals surface area contributed by atoms with Crippen molar-refractivity contribution in [3.8, 4) is 17.2 Å². The van der Waals surface area contributed by atoms with Gasteiger partial charge in [0.2, 0.25) is 5.75 Å². The summed E-state index contributed by atoms with van der Waals surface area (Å²) in [6.45, 7) is 2.29. The highest BCUT2D eigenvalue weighted by molar-refractivity contribution is 9.10. The van der Waals surface area contributed by atoms with Crippen molar-refractivity contribution < 1.29 is 23.7 Å². The van der Waals surface area contributed by atoms with Crippen LogP contribution in [0.15, 0.2) is 10.5 Å². The third kappa shape index (κ3) is 3.32. The van der Waals surface area contributed by atoms with Gasteiger partial charge in [0.05, 0.1) is 38.0 Å². The SMILES string of the molecule is CCCOC(=O)c1cc(OC)c(OC)c(OC)c1Br. The zero-order valence-corrected chi connectivity index (χ0v) is 13.0. The van der Waals surface area contributed by atoms with Crippen molar-refractivity contribution in [1.29, 1.82) is 0 Å². The van der Waals surface area contributed by atoms with E-state index in [1.165, 1.54) is 21.3 Å². The number of halogens is 1. The Morgan fingerprint density at radius 1 is 1.16 bits per heavy atom. The average Bonchev–Trinajstić information content (AvgIpc) is 2.43. The molecule has 1 aromatic carbocycles. The molecule has 0 aliphatic rings. The number of methoxy groups -OCH3 is 3. The van der Waals surface area contributed by atoms with E-state index < -0.39 is 5.97 Å². The molecule has 0 fully saturated rings. The summed E-state index contributed by atoms with van der Waals surface area (Å²) in [5, 5.41) is 0. The van der Waals surface area contributed by atoms with Crippen LogP contribution in [-0.2, 0) is 4.74 Å². The van der Waals surface area contributed by atoms with E-state index >= 15 is 0 Å². The maximum absolute atomic E-state index is 12.0. The molecule has 6 heteroatoms. The number of carbonyl (C=O) groups excluding carboxylic acids is 1. The summed E-state index contributed by atoms with van der Waals surface area (Å²) in [5.41, 5.74) is 0.336. The molecule has 0 aliphatic carbocycles. The predicted octanol–water partition coefficient (Wildman–Crippen LogP) is 3.04. The van der Waals surface area contributed by atoms with E-state index in [4.69, 9.17) is 18.9 Å². The van der Waals surface area contributed by atoms with E-state index in [1.54, 1.807) is 6.07 Å². The summed E-state index contributed by atoms with van der Waals surface area (Å²) >= 11 is 3.33. The Morgan fingerprint density at radius 2 is 1.79 bits per heavy atom.